The van der Waals surface area contributed by atoms with Gasteiger partial charge >= 0.3 is 0 Å². The van der Waals surface area contributed by atoms with Gasteiger partial charge in [0.2, 0.25) is 0 Å². The molecule has 0 bridgehead atoms. The van der Waals surface area contributed by atoms with E-state index in [4.69, 9.17) is 0 Å². The number of carbonyl (C=O) groups excluding carboxylic acids is 1. The second-order valence-electron chi connectivity index (χ2n) is 4.99. The van der Waals surface area contributed by atoms with Crippen molar-refractivity contribution in [3.8, 4) is 0 Å². The van der Waals surface area contributed by atoms with Crippen molar-refractivity contribution in [1.82, 2.24) is 4.98 Å². The highest BCUT2D eigenvalue weighted by Gasteiger charge is 2.06. The van der Waals surface area contributed by atoms with Crippen LogP contribution in [0.4, 0.5) is 5.82 Å². The van der Waals surface area contributed by atoms with Gasteiger partial charge in [-0.3, -0.25) is 4.79 Å². The Bertz CT molecular complexity index is 630. The Morgan fingerprint density at radius 3 is 2.67 bits per heavy atom. The largest absolute Gasteiger partial charge is 0.307 e. The Hall–Kier alpha value is -2.42. The highest BCUT2D eigenvalue weighted by atomic mass is 16.1. The number of hydrogen-bond acceptors (Lipinski definition) is 2. The molecule has 0 saturated heterocycles. The van der Waals surface area contributed by atoms with E-state index in [0.717, 1.165) is 24.0 Å². The van der Waals surface area contributed by atoms with Crippen molar-refractivity contribution in [2.45, 2.75) is 26.7 Å². The van der Waals surface area contributed by atoms with Crippen molar-refractivity contribution >= 4 is 17.8 Å². The summed E-state index contributed by atoms with van der Waals surface area (Å²) in [6, 6.07) is 11.3. The van der Waals surface area contributed by atoms with Crippen LogP contribution in [0, 0.1) is 6.92 Å². The number of aryl methyl sites for hydroxylation is 1. The third kappa shape index (κ3) is 4.56. The predicted molar refractivity (Wildman–Crippen MR) is 87.3 cm³/mol. The van der Waals surface area contributed by atoms with Crippen LogP contribution >= 0.6 is 0 Å². The fourth-order valence-corrected chi connectivity index (χ4v) is 1.92. The SMILES string of the molecule is CCC/C=C/c1ccc(C(=O)Nc2cc(C)ccn2)cc1. The minimum atomic E-state index is -0.141. The molecule has 0 spiro atoms. The molecule has 1 N–H and O–H groups in total. The van der Waals surface area contributed by atoms with Crippen molar-refractivity contribution in [3.05, 3.63) is 65.4 Å². The first-order valence-electron chi connectivity index (χ1n) is 7.19. The molecule has 0 aliphatic carbocycles. The molecule has 0 radical (unpaired) electrons. The number of benzene rings is 1. The quantitative estimate of drug-likeness (QED) is 0.878. The second-order valence-corrected chi connectivity index (χ2v) is 4.99. The molecule has 21 heavy (non-hydrogen) atoms. The number of aromatic nitrogens is 1. The van der Waals surface area contributed by atoms with Crippen molar-refractivity contribution in [1.29, 1.82) is 0 Å². The molecule has 1 heterocycles. The fourth-order valence-electron chi connectivity index (χ4n) is 1.92. The summed E-state index contributed by atoms with van der Waals surface area (Å²) in [5.74, 6) is 0.434. The molecule has 0 atom stereocenters. The number of amides is 1. The van der Waals surface area contributed by atoms with Crippen LogP contribution in [0.3, 0.4) is 0 Å². The van der Waals surface area contributed by atoms with Crippen LogP contribution in [0.2, 0.25) is 0 Å². The molecule has 2 rings (SSSR count). The van der Waals surface area contributed by atoms with Crippen LogP contribution in [0.1, 0.15) is 41.3 Å². The maximum absolute atomic E-state index is 12.1. The molecule has 108 valence electrons. The minimum Gasteiger partial charge on any atom is -0.307 e. The number of nitrogens with one attached hydrogen (secondary N) is 1. The van der Waals surface area contributed by atoms with Gasteiger partial charge in [-0.15, -0.1) is 0 Å². The standard InChI is InChI=1S/C18H20N2O/c1-3-4-5-6-15-7-9-16(10-8-15)18(21)20-17-13-14(2)11-12-19-17/h5-13H,3-4H2,1-2H3,(H,19,20,21)/b6-5+. The van der Waals surface area contributed by atoms with Crippen molar-refractivity contribution in [3.63, 3.8) is 0 Å². The van der Waals surface area contributed by atoms with Crippen LogP contribution < -0.4 is 5.32 Å². The maximum Gasteiger partial charge on any atom is 0.256 e. The number of anilines is 1. The first-order chi connectivity index (χ1) is 10.2. The Morgan fingerprint density at radius 1 is 1.24 bits per heavy atom. The summed E-state index contributed by atoms with van der Waals surface area (Å²) in [5, 5.41) is 2.80. The third-order valence-electron chi connectivity index (χ3n) is 3.10. The number of hydrogen-bond donors (Lipinski definition) is 1. The zero-order valence-corrected chi connectivity index (χ0v) is 12.5. The lowest BCUT2D eigenvalue weighted by Crippen LogP contribution is -2.12. The monoisotopic (exact) mass is 280 g/mol. The minimum absolute atomic E-state index is 0.141. The van der Waals surface area contributed by atoms with E-state index >= 15 is 0 Å². The van der Waals surface area contributed by atoms with Gasteiger partial charge in [-0.05, 0) is 48.7 Å². The van der Waals surface area contributed by atoms with Gasteiger partial charge in [0.05, 0.1) is 0 Å². The van der Waals surface area contributed by atoms with Gasteiger partial charge in [0.1, 0.15) is 5.82 Å². The number of carbonyl (C=O) groups is 1. The van der Waals surface area contributed by atoms with Gasteiger partial charge < -0.3 is 5.32 Å². The highest BCUT2D eigenvalue weighted by molar-refractivity contribution is 6.03. The van der Waals surface area contributed by atoms with E-state index in [1.54, 1.807) is 6.20 Å². The van der Waals surface area contributed by atoms with Gasteiger partial charge in [0.15, 0.2) is 0 Å². The molecule has 0 aliphatic rings. The smallest absolute Gasteiger partial charge is 0.256 e. The summed E-state index contributed by atoms with van der Waals surface area (Å²) in [7, 11) is 0. The summed E-state index contributed by atoms with van der Waals surface area (Å²) < 4.78 is 0. The molecule has 0 unspecified atom stereocenters. The Labute approximate surface area is 125 Å². The van der Waals surface area contributed by atoms with Crippen LogP contribution in [-0.4, -0.2) is 10.9 Å². The zero-order chi connectivity index (χ0) is 15.1. The van der Waals surface area contributed by atoms with Gasteiger partial charge in [0.25, 0.3) is 5.91 Å². The Morgan fingerprint density at radius 2 is 2.00 bits per heavy atom. The average molecular weight is 280 g/mol. The molecule has 3 nitrogen and oxygen atoms in total. The van der Waals surface area contributed by atoms with Gasteiger partial charge in [-0.1, -0.05) is 37.6 Å². The first-order valence-corrected chi connectivity index (χ1v) is 7.19. The molecule has 1 aromatic heterocycles. The molecule has 1 amide bonds. The van der Waals surface area contributed by atoms with E-state index in [2.05, 4.69) is 29.4 Å². The molecule has 0 saturated carbocycles. The van der Waals surface area contributed by atoms with E-state index < -0.39 is 0 Å². The molecule has 3 heteroatoms. The number of allylic oxidation sites excluding steroid dienone is 1. The van der Waals surface area contributed by atoms with Crippen molar-refractivity contribution in [2.75, 3.05) is 5.32 Å². The summed E-state index contributed by atoms with van der Waals surface area (Å²) in [4.78, 5) is 16.3. The lowest BCUT2D eigenvalue weighted by atomic mass is 10.1. The number of unbranched alkanes of at least 4 members (excludes halogenated alkanes) is 1. The Balaban J connectivity index is 2.03. The molecule has 2 aromatic rings. The fraction of sp³-hybridized carbons (Fsp3) is 0.222. The molecule has 1 aromatic carbocycles. The van der Waals surface area contributed by atoms with E-state index in [0.29, 0.717) is 11.4 Å². The summed E-state index contributed by atoms with van der Waals surface area (Å²) in [6.45, 7) is 4.12. The lowest BCUT2D eigenvalue weighted by Gasteiger charge is -2.05. The van der Waals surface area contributed by atoms with E-state index in [-0.39, 0.29) is 5.91 Å². The number of pyridine rings is 1. The zero-order valence-electron chi connectivity index (χ0n) is 12.5. The maximum atomic E-state index is 12.1. The molecular formula is C18H20N2O. The molecule has 0 aliphatic heterocycles. The second kappa shape index (κ2) is 7.39. The van der Waals surface area contributed by atoms with Crippen LogP contribution in [-0.2, 0) is 0 Å². The van der Waals surface area contributed by atoms with Crippen molar-refractivity contribution < 1.29 is 4.79 Å². The van der Waals surface area contributed by atoms with Crippen LogP contribution in [0.25, 0.3) is 6.08 Å². The average Bonchev–Trinajstić information content (AvgIpc) is 2.48. The summed E-state index contributed by atoms with van der Waals surface area (Å²) >= 11 is 0. The van der Waals surface area contributed by atoms with Crippen LogP contribution in [0.5, 0.6) is 0 Å². The third-order valence-corrected chi connectivity index (χ3v) is 3.10. The van der Waals surface area contributed by atoms with Gasteiger partial charge in [-0.25, -0.2) is 4.98 Å². The first kappa shape index (κ1) is 15.0. The summed E-state index contributed by atoms with van der Waals surface area (Å²) in [6.07, 6.45) is 8.12. The summed E-state index contributed by atoms with van der Waals surface area (Å²) in [5.41, 5.74) is 2.80. The Kier molecular flexibility index (Phi) is 5.27. The molecule has 0 fully saturated rings. The van der Waals surface area contributed by atoms with E-state index in [1.807, 2.05) is 43.3 Å². The number of rotatable bonds is 5. The van der Waals surface area contributed by atoms with Gasteiger partial charge in [-0.2, -0.15) is 0 Å². The molecular weight excluding hydrogens is 260 g/mol. The normalized spacial score (nSPS) is 10.8. The number of nitrogens with zero attached hydrogens (tertiary/aromatic N) is 1. The highest BCUT2D eigenvalue weighted by Crippen LogP contribution is 2.11. The predicted octanol–water partition coefficient (Wildman–Crippen LogP) is 4.46. The topological polar surface area (TPSA) is 42.0 Å². The van der Waals surface area contributed by atoms with E-state index in [1.165, 1.54) is 0 Å². The van der Waals surface area contributed by atoms with Crippen LogP contribution in [0.15, 0.2) is 48.7 Å². The lowest BCUT2D eigenvalue weighted by molar-refractivity contribution is 0.102. The van der Waals surface area contributed by atoms with E-state index in [9.17, 15) is 4.79 Å². The van der Waals surface area contributed by atoms with Gasteiger partial charge in [0, 0.05) is 11.8 Å². The van der Waals surface area contributed by atoms with Crippen molar-refractivity contribution in [2.24, 2.45) is 0 Å².